The first kappa shape index (κ1) is 14.7. The monoisotopic (exact) mass is 280 g/mol. The largest absolute Gasteiger partial charge is 0.465 e. The molecule has 20 heavy (non-hydrogen) atoms. The molecule has 0 atom stereocenters. The van der Waals surface area contributed by atoms with Crippen LogP contribution in [0.3, 0.4) is 0 Å². The summed E-state index contributed by atoms with van der Waals surface area (Å²) in [5, 5.41) is 13.4. The van der Waals surface area contributed by atoms with Crippen LogP contribution in [0.5, 0.6) is 0 Å². The van der Waals surface area contributed by atoms with Gasteiger partial charge >= 0.3 is 5.97 Å². The number of rotatable bonds is 4. The molecule has 2 N–H and O–H groups in total. The maximum Gasteiger partial charge on any atom is 0.339 e. The summed E-state index contributed by atoms with van der Waals surface area (Å²) in [4.78, 5) is 15.8. The number of carbonyl (C=O) groups excluding carboxylic acids is 1. The standard InChI is InChI=1S/C14H20N2O4/c1-10-11(13(17)19-2)3-4-12(16-10)15-9-14(18)5-7-20-8-6-14/h3-4,18H,5-9H2,1-2H3,(H,15,16). The van der Waals surface area contributed by atoms with Crippen molar-refractivity contribution in [3.63, 3.8) is 0 Å². The quantitative estimate of drug-likeness (QED) is 0.805. The number of aliphatic hydroxyl groups is 1. The number of nitrogens with one attached hydrogen (secondary N) is 1. The summed E-state index contributed by atoms with van der Waals surface area (Å²) in [7, 11) is 1.34. The number of methoxy groups -OCH3 is 1. The van der Waals surface area contributed by atoms with Crippen LogP contribution in [0.25, 0.3) is 0 Å². The lowest BCUT2D eigenvalue weighted by Gasteiger charge is -2.32. The molecule has 1 fully saturated rings. The number of aryl methyl sites for hydroxylation is 1. The van der Waals surface area contributed by atoms with Crippen LogP contribution < -0.4 is 5.32 Å². The van der Waals surface area contributed by atoms with Gasteiger partial charge in [-0.2, -0.15) is 0 Å². The zero-order chi connectivity index (χ0) is 14.6. The van der Waals surface area contributed by atoms with E-state index in [4.69, 9.17) is 4.74 Å². The molecular formula is C14H20N2O4. The molecule has 2 heterocycles. The van der Waals surface area contributed by atoms with Gasteiger partial charge in [-0.1, -0.05) is 0 Å². The number of carbonyl (C=O) groups is 1. The minimum absolute atomic E-state index is 0.399. The molecule has 1 aliphatic rings. The van der Waals surface area contributed by atoms with Crippen molar-refractivity contribution in [3.8, 4) is 0 Å². The number of pyridine rings is 1. The van der Waals surface area contributed by atoms with E-state index >= 15 is 0 Å². The second kappa shape index (κ2) is 6.19. The summed E-state index contributed by atoms with van der Waals surface area (Å²) < 4.78 is 9.91. The highest BCUT2D eigenvalue weighted by Crippen LogP contribution is 2.21. The van der Waals surface area contributed by atoms with Crippen LogP contribution in [-0.2, 0) is 9.47 Å². The second-order valence-corrected chi connectivity index (χ2v) is 5.01. The van der Waals surface area contributed by atoms with E-state index in [1.807, 2.05) is 0 Å². The average molecular weight is 280 g/mol. The molecular weight excluding hydrogens is 260 g/mol. The molecule has 1 aliphatic heterocycles. The first-order chi connectivity index (χ1) is 9.54. The number of esters is 1. The molecule has 6 nitrogen and oxygen atoms in total. The van der Waals surface area contributed by atoms with Gasteiger partial charge in [0.25, 0.3) is 0 Å². The molecule has 2 rings (SSSR count). The van der Waals surface area contributed by atoms with Crippen LogP contribution in [-0.4, -0.2) is 48.5 Å². The van der Waals surface area contributed by atoms with Crippen molar-refractivity contribution in [1.29, 1.82) is 0 Å². The molecule has 1 aromatic heterocycles. The van der Waals surface area contributed by atoms with E-state index < -0.39 is 11.6 Å². The van der Waals surface area contributed by atoms with Crippen LogP contribution >= 0.6 is 0 Å². The van der Waals surface area contributed by atoms with E-state index in [2.05, 4.69) is 15.0 Å². The lowest BCUT2D eigenvalue weighted by atomic mass is 9.94. The third kappa shape index (κ3) is 3.46. The van der Waals surface area contributed by atoms with Crippen molar-refractivity contribution < 1.29 is 19.4 Å². The Balaban J connectivity index is 2.00. The SMILES string of the molecule is COC(=O)c1ccc(NCC2(O)CCOCC2)nc1C. The third-order valence-electron chi connectivity index (χ3n) is 3.51. The number of aromatic nitrogens is 1. The molecule has 0 amide bonds. The van der Waals surface area contributed by atoms with Crippen LogP contribution in [0.4, 0.5) is 5.82 Å². The summed E-state index contributed by atoms with van der Waals surface area (Å²) >= 11 is 0. The average Bonchev–Trinajstić information content (AvgIpc) is 2.45. The van der Waals surface area contributed by atoms with E-state index in [1.54, 1.807) is 19.1 Å². The first-order valence-electron chi connectivity index (χ1n) is 6.64. The van der Waals surface area contributed by atoms with Gasteiger partial charge in [0, 0.05) is 32.6 Å². The van der Waals surface area contributed by atoms with Gasteiger partial charge in [0.2, 0.25) is 0 Å². The maximum absolute atomic E-state index is 11.5. The van der Waals surface area contributed by atoms with Gasteiger partial charge in [-0.05, 0) is 19.1 Å². The number of anilines is 1. The van der Waals surface area contributed by atoms with Crippen LogP contribution in [0.1, 0.15) is 28.9 Å². The topological polar surface area (TPSA) is 80.7 Å². The van der Waals surface area contributed by atoms with Gasteiger partial charge in [-0.3, -0.25) is 0 Å². The summed E-state index contributed by atoms with van der Waals surface area (Å²) in [5.41, 5.74) is 0.290. The number of hydrogen-bond acceptors (Lipinski definition) is 6. The van der Waals surface area contributed by atoms with Gasteiger partial charge in [0.15, 0.2) is 0 Å². The van der Waals surface area contributed by atoms with Gasteiger partial charge in [-0.25, -0.2) is 9.78 Å². The van der Waals surface area contributed by atoms with E-state index in [0.29, 0.717) is 49.7 Å². The molecule has 110 valence electrons. The Morgan fingerprint density at radius 2 is 2.20 bits per heavy atom. The molecule has 0 radical (unpaired) electrons. The van der Waals surface area contributed by atoms with E-state index in [1.165, 1.54) is 7.11 Å². The molecule has 1 saturated heterocycles. The molecule has 0 saturated carbocycles. The molecule has 0 unspecified atom stereocenters. The highest BCUT2D eigenvalue weighted by atomic mass is 16.5. The van der Waals surface area contributed by atoms with Crippen molar-refractivity contribution in [3.05, 3.63) is 23.4 Å². The summed E-state index contributed by atoms with van der Waals surface area (Å²) in [6, 6.07) is 3.38. The molecule has 0 aliphatic carbocycles. The Morgan fingerprint density at radius 1 is 1.50 bits per heavy atom. The smallest absolute Gasteiger partial charge is 0.339 e. The Morgan fingerprint density at radius 3 is 2.80 bits per heavy atom. The molecule has 6 heteroatoms. The van der Waals surface area contributed by atoms with Gasteiger partial charge in [-0.15, -0.1) is 0 Å². The highest BCUT2D eigenvalue weighted by molar-refractivity contribution is 5.90. The Hall–Kier alpha value is -1.66. The molecule has 0 aromatic carbocycles. The van der Waals surface area contributed by atoms with Gasteiger partial charge in [0.05, 0.1) is 24.0 Å². The highest BCUT2D eigenvalue weighted by Gasteiger charge is 2.29. The zero-order valence-electron chi connectivity index (χ0n) is 11.8. The Kier molecular flexibility index (Phi) is 4.57. The number of nitrogens with zero attached hydrogens (tertiary/aromatic N) is 1. The minimum Gasteiger partial charge on any atom is -0.465 e. The fourth-order valence-electron chi connectivity index (χ4n) is 2.17. The van der Waals surface area contributed by atoms with Gasteiger partial charge in [0.1, 0.15) is 5.82 Å². The number of ether oxygens (including phenoxy) is 2. The lowest BCUT2D eigenvalue weighted by Crippen LogP contribution is -2.42. The van der Waals surface area contributed by atoms with Crippen molar-refractivity contribution in [2.45, 2.75) is 25.4 Å². The fourth-order valence-corrected chi connectivity index (χ4v) is 2.17. The van der Waals surface area contributed by atoms with E-state index in [9.17, 15) is 9.90 Å². The van der Waals surface area contributed by atoms with Gasteiger partial charge < -0.3 is 19.9 Å². The van der Waals surface area contributed by atoms with Crippen LogP contribution in [0, 0.1) is 6.92 Å². The minimum atomic E-state index is -0.755. The van der Waals surface area contributed by atoms with Crippen LogP contribution in [0.15, 0.2) is 12.1 Å². The summed E-state index contributed by atoms with van der Waals surface area (Å²) in [6.45, 7) is 3.32. The maximum atomic E-state index is 11.5. The van der Waals surface area contributed by atoms with Crippen LogP contribution in [0.2, 0.25) is 0 Å². The van der Waals surface area contributed by atoms with E-state index in [-0.39, 0.29) is 0 Å². The zero-order valence-corrected chi connectivity index (χ0v) is 11.8. The summed E-state index contributed by atoms with van der Waals surface area (Å²) in [5.74, 6) is 0.236. The predicted molar refractivity (Wildman–Crippen MR) is 73.8 cm³/mol. The Labute approximate surface area is 118 Å². The molecule has 0 spiro atoms. The van der Waals surface area contributed by atoms with Crippen molar-refractivity contribution in [2.24, 2.45) is 0 Å². The molecule has 0 bridgehead atoms. The summed E-state index contributed by atoms with van der Waals surface area (Å²) in [6.07, 6.45) is 1.22. The lowest BCUT2D eigenvalue weighted by molar-refractivity contribution is -0.0543. The second-order valence-electron chi connectivity index (χ2n) is 5.01. The first-order valence-corrected chi connectivity index (χ1v) is 6.64. The molecule has 1 aromatic rings. The van der Waals surface area contributed by atoms with Crippen molar-refractivity contribution >= 4 is 11.8 Å². The van der Waals surface area contributed by atoms with Crippen molar-refractivity contribution in [2.75, 3.05) is 32.2 Å². The third-order valence-corrected chi connectivity index (χ3v) is 3.51. The Bertz CT molecular complexity index is 484. The van der Waals surface area contributed by atoms with E-state index in [0.717, 1.165) is 0 Å². The number of hydrogen-bond donors (Lipinski definition) is 2. The predicted octanol–water partition coefficient (Wildman–Crippen LogP) is 1.13. The fraction of sp³-hybridized carbons (Fsp3) is 0.571. The van der Waals surface area contributed by atoms with Crippen molar-refractivity contribution in [1.82, 2.24) is 4.98 Å². The normalized spacial score (nSPS) is 17.6.